The van der Waals surface area contributed by atoms with Crippen molar-refractivity contribution in [2.75, 3.05) is 0 Å². The Bertz CT molecular complexity index is 463. The summed E-state index contributed by atoms with van der Waals surface area (Å²) in [6.07, 6.45) is 3.41. The molecular formula is C11H9NO. The molecule has 0 saturated carbocycles. The molecule has 64 valence electrons. The first-order valence-electron chi connectivity index (χ1n) is 4.01. The van der Waals surface area contributed by atoms with Crippen LogP contribution < -0.4 is 0 Å². The number of aromatic hydroxyl groups is 1. The molecule has 0 radical (unpaired) electrons. The highest BCUT2D eigenvalue weighted by molar-refractivity contribution is 5.89. The fourth-order valence-electron chi connectivity index (χ4n) is 1.35. The summed E-state index contributed by atoms with van der Waals surface area (Å²) < 4.78 is 0. The lowest BCUT2D eigenvalue weighted by molar-refractivity contribution is 0.476. The molecule has 0 fully saturated rings. The van der Waals surface area contributed by atoms with Gasteiger partial charge >= 0.3 is 0 Å². The lowest BCUT2D eigenvalue weighted by atomic mass is 10.1. The highest BCUT2D eigenvalue weighted by Gasteiger charge is 1.98. The Morgan fingerprint density at radius 1 is 1.31 bits per heavy atom. The van der Waals surface area contributed by atoms with Gasteiger partial charge in [0.15, 0.2) is 0 Å². The van der Waals surface area contributed by atoms with Crippen LogP contribution in [0.25, 0.3) is 16.8 Å². The minimum absolute atomic E-state index is 0.272. The Kier molecular flexibility index (Phi) is 1.74. The number of fused-ring (bicyclic) bond motifs is 1. The maximum Gasteiger partial charge on any atom is 0.116 e. The minimum atomic E-state index is 0.272. The molecule has 0 atom stereocenters. The molecule has 2 rings (SSSR count). The Balaban J connectivity index is 2.84. The molecule has 0 amide bonds. The third kappa shape index (κ3) is 1.26. The number of benzene rings is 1. The third-order valence-corrected chi connectivity index (χ3v) is 1.97. The molecule has 2 nitrogen and oxygen atoms in total. The molecule has 1 aromatic carbocycles. The zero-order chi connectivity index (χ0) is 9.26. The van der Waals surface area contributed by atoms with Crippen molar-refractivity contribution < 1.29 is 5.11 Å². The zero-order valence-electron chi connectivity index (χ0n) is 7.07. The van der Waals surface area contributed by atoms with Gasteiger partial charge in [-0.1, -0.05) is 6.58 Å². The van der Waals surface area contributed by atoms with Gasteiger partial charge in [0.25, 0.3) is 0 Å². The molecule has 1 heterocycles. The summed E-state index contributed by atoms with van der Waals surface area (Å²) in [7, 11) is 0. The van der Waals surface area contributed by atoms with Gasteiger partial charge in [0.1, 0.15) is 5.75 Å². The summed E-state index contributed by atoms with van der Waals surface area (Å²) >= 11 is 0. The van der Waals surface area contributed by atoms with Crippen molar-refractivity contribution in [3.8, 4) is 5.75 Å². The number of rotatable bonds is 1. The van der Waals surface area contributed by atoms with E-state index in [1.165, 1.54) is 0 Å². The molecular weight excluding hydrogens is 162 g/mol. The third-order valence-electron chi connectivity index (χ3n) is 1.97. The normalized spacial score (nSPS) is 10.2. The molecule has 0 saturated heterocycles. The molecule has 0 spiro atoms. The van der Waals surface area contributed by atoms with E-state index in [-0.39, 0.29) is 5.75 Å². The quantitative estimate of drug-likeness (QED) is 0.715. The summed E-state index contributed by atoms with van der Waals surface area (Å²) in [6.45, 7) is 3.68. The largest absolute Gasteiger partial charge is 0.508 e. The summed E-state index contributed by atoms with van der Waals surface area (Å²) in [5.74, 6) is 0.272. The van der Waals surface area contributed by atoms with Gasteiger partial charge in [-0.25, -0.2) is 0 Å². The maximum absolute atomic E-state index is 9.25. The molecule has 0 aliphatic rings. The Hall–Kier alpha value is -1.83. The van der Waals surface area contributed by atoms with Gasteiger partial charge in [-0.3, -0.25) is 4.98 Å². The number of phenolic OH excluding ortho intramolecular Hbond substituents is 1. The van der Waals surface area contributed by atoms with Crippen LogP contribution in [0.4, 0.5) is 0 Å². The summed E-state index contributed by atoms with van der Waals surface area (Å²) in [6, 6.07) is 7.07. The van der Waals surface area contributed by atoms with Crippen molar-refractivity contribution in [2.45, 2.75) is 0 Å². The second-order valence-electron chi connectivity index (χ2n) is 2.81. The van der Waals surface area contributed by atoms with Gasteiger partial charge in [-0.2, -0.15) is 0 Å². The molecule has 2 aromatic rings. The van der Waals surface area contributed by atoms with Gasteiger partial charge in [-0.15, -0.1) is 0 Å². The Morgan fingerprint density at radius 3 is 2.92 bits per heavy atom. The second kappa shape index (κ2) is 2.90. The van der Waals surface area contributed by atoms with E-state index in [0.717, 1.165) is 16.5 Å². The van der Waals surface area contributed by atoms with Crippen LogP contribution in [-0.2, 0) is 0 Å². The summed E-state index contributed by atoms with van der Waals surface area (Å²) in [5.41, 5.74) is 0.845. The van der Waals surface area contributed by atoms with Gasteiger partial charge in [0.2, 0.25) is 0 Å². The van der Waals surface area contributed by atoms with E-state index in [0.29, 0.717) is 0 Å². The van der Waals surface area contributed by atoms with Crippen LogP contribution in [0.3, 0.4) is 0 Å². The molecule has 0 unspecified atom stereocenters. The SMILES string of the molecule is C=Cc1nccc2cc(O)ccc12. The lowest BCUT2D eigenvalue weighted by Gasteiger charge is -2.00. The van der Waals surface area contributed by atoms with Crippen molar-refractivity contribution >= 4 is 16.8 Å². The number of hydrogen-bond acceptors (Lipinski definition) is 2. The molecule has 1 N–H and O–H groups in total. The van der Waals surface area contributed by atoms with Crippen LogP contribution in [0.5, 0.6) is 5.75 Å². The summed E-state index contributed by atoms with van der Waals surface area (Å²) in [5, 5.41) is 11.2. The van der Waals surface area contributed by atoms with E-state index >= 15 is 0 Å². The predicted molar refractivity (Wildman–Crippen MR) is 53.5 cm³/mol. The molecule has 13 heavy (non-hydrogen) atoms. The Morgan fingerprint density at radius 2 is 2.15 bits per heavy atom. The maximum atomic E-state index is 9.25. The highest BCUT2D eigenvalue weighted by Crippen LogP contribution is 2.21. The van der Waals surface area contributed by atoms with Crippen LogP contribution in [-0.4, -0.2) is 10.1 Å². The average Bonchev–Trinajstić information content (AvgIpc) is 2.16. The average molecular weight is 171 g/mol. The Labute approximate surface area is 76.2 Å². The smallest absolute Gasteiger partial charge is 0.116 e. The van der Waals surface area contributed by atoms with Crippen molar-refractivity contribution in [3.05, 3.63) is 42.7 Å². The standard InChI is InChI=1S/C11H9NO/c1-2-11-10-4-3-9(13)7-8(10)5-6-12-11/h2-7,13H,1H2. The highest BCUT2D eigenvalue weighted by atomic mass is 16.3. The molecule has 1 aromatic heterocycles. The topological polar surface area (TPSA) is 33.1 Å². The number of nitrogens with zero attached hydrogens (tertiary/aromatic N) is 1. The van der Waals surface area contributed by atoms with E-state index in [2.05, 4.69) is 11.6 Å². The number of phenols is 1. The first-order valence-corrected chi connectivity index (χ1v) is 4.01. The first kappa shape index (κ1) is 7.80. The molecule has 2 heteroatoms. The van der Waals surface area contributed by atoms with Gasteiger partial charge in [0.05, 0.1) is 5.69 Å². The van der Waals surface area contributed by atoms with Gasteiger partial charge in [-0.05, 0) is 35.7 Å². The van der Waals surface area contributed by atoms with Crippen LogP contribution in [0, 0.1) is 0 Å². The van der Waals surface area contributed by atoms with Crippen molar-refractivity contribution in [1.82, 2.24) is 4.98 Å². The van der Waals surface area contributed by atoms with Crippen molar-refractivity contribution in [2.24, 2.45) is 0 Å². The second-order valence-corrected chi connectivity index (χ2v) is 2.81. The van der Waals surface area contributed by atoms with Crippen LogP contribution in [0.2, 0.25) is 0 Å². The van der Waals surface area contributed by atoms with Crippen LogP contribution in [0.15, 0.2) is 37.0 Å². The van der Waals surface area contributed by atoms with E-state index < -0.39 is 0 Å². The van der Waals surface area contributed by atoms with Crippen molar-refractivity contribution in [3.63, 3.8) is 0 Å². The molecule has 0 bridgehead atoms. The van der Waals surface area contributed by atoms with E-state index in [4.69, 9.17) is 0 Å². The number of hydrogen-bond donors (Lipinski definition) is 1. The van der Waals surface area contributed by atoms with E-state index in [9.17, 15) is 5.11 Å². The van der Waals surface area contributed by atoms with Crippen molar-refractivity contribution in [1.29, 1.82) is 0 Å². The van der Waals surface area contributed by atoms with Crippen LogP contribution >= 0.6 is 0 Å². The fraction of sp³-hybridized carbons (Fsp3) is 0. The first-order chi connectivity index (χ1) is 6.31. The molecule has 0 aliphatic carbocycles. The summed E-state index contributed by atoms with van der Waals surface area (Å²) in [4.78, 5) is 4.16. The zero-order valence-corrected chi connectivity index (χ0v) is 7.07. The van der Waals surface area contributed by atoms with E-state index in [1.807, 2.05) is 12.1 Å². The monoisotopic (exact) mass is 171 g/mol. The minimum Gasteiger partial charge on any atom is -0.508 e. The van der Waals surface area contributed by atoms with Crippen LogP contribution in [0.1, 0.15) is 5.69 Å². The predicted octanol–water partition coefficient (Wildman–Crippen LogP) is 2.58. The van der Waals surface area contributed by atoms with Gasteiger partial charge < -0.3 is 5.11 Å². The number of aromatic nitrogens is 1. The van der Waals surface area contributed by atoms with E-state index in [1.54, 1.807) is 24.4 Å². The lowest BCUT2D eigenvalue weighted by Crippen LogP contribution is -1.82. The fourth-order valence-corrected chi connectivity index (χ4v) is 1.35. The molecule has 0 aliphatic heterocycles. The number of pyridine rings is 1. The van der Waals surface area contributed by atoms with Gasteiger partial charge in [0, 0.05) is 11.6 Å².